The minimum atomic E-state index is -0.794. The Labute approximate surface area is 236 Å². The summed E-state index contributed by atoms with van der Waals surface area (Å²) in [5.41, 5.74) is 1.55. The predicted octanol–water partition coefficient (Wildman–Crippen LogP) is 5.16. The van der Waals surface area contributed by atoms with Crippen LogP contribution < -0.4 is 14.8 Å². The molecule has 0 saturated carbocycles. The van der Waals surface area contributed by atoms with Crippen molar-refractivity contribution in [2.45, 2.75) is 32.9 Å². The van der Waals surface area contributed by atoms with E-state index in [1.165, 1.54) is 30.2 Å². The van der Waals surface area contributed by atoms with Crippen LogP contribution in [0.5, 0.6) is 11.5 Å². The third kappa shape index (κ3) is 8.81. The summed E-state index contributed by atoms with van der Waals surface area (Å²) in [6.07, 6.45) is 0.318. The highest BCUT2D eigenvalue weighted by molar-refractivity contribution is 9.10. The molecule has 2 amide bonds. The Bertz CT molecular complexity index is 1270. The second-order valence-electron chi connectivity index (χ2n) is 9.37. The van der Waals surface area contributed by atoms with Gasteiger partial charge < -0.3 is 19.7 Å². The normalized spacial score (nSPS) is 11.5. The molecule has 3 aromatic carbocycles. The van der Waals surface area contributed by atoms with Gasteiger partial charge in [0.15, 0.2) is 6.61 Å². The molecule has 206 valence electrons. The van der Waals surface area contributed by atoms with Gasteiger partial charge in [0.1, 0.15) is 11.8 Å². The van der Waals surface area contributed by atoms with Crippen molar-refractivity contribution in [1.82, 2.24) is 10.2 Å². The van der Waals surface area contributed by atoms with Crippen LogP contribution in [0.3, 0.4) is 0 Å². The lowest BCUT2D eigenvalue weighted by Gasteiger charge is -2.31. The van der Waals surface area contributed by atoms with Gasteiger partial charge in [0, 0.05) is 36.1 Å². The zero-order chi connectivity index (χ0) is 28.4. The maximum atomic E-state index is 13.7. The average Bonchev–Trinajstić information content (AvgIpc) is 2.93. The highest BCUT2D eigenvalue weighted by Crippen LogP contribution is 2.31. The van der Waals surface area contributed by atoms with Crippen LogP contribution in [0.4, 0.5) is 5.69 Å². The molecule has 0 spiro atoms. The lowest BCUT2D eigenvalue weighted by Crippen LogP contribution is -2.52. The topological polar surface area (TPSA) is 111 Å². The first kappa shape index (κ1) is 29.6. The Balaban J connectivity index is 1.90. The molecule has 0 bridgehead atoms. The van der Waals surface area contributed by atoms with Gasteiger partial charge in [0.25, 0.3) is 5.91 Å². The summed E-state index contributed by atoms with van der Waals surface area (Å²) < 4.78 is 11.7. The lowest BCUT2D eigenvalue weighted by molar-refractivity contribution is -0.385. The van der Waals surface area contributed by atoms with Gasteiger partial charge in [-0.3, -0.25) is 19.7 Å². The van der Waals surface area contributed by atoms with Crippen LogP contribution >= 0.6 is 15.9 Å². The fourth-order valence-electron chi connectivity index (χ4n) is 3.89. The molecule has 3 aromatic rings. The molecule has 0 aliphatic carbocycles. The number of carbonyl (C=O) groups excluding carboxylic acids is 2. The van der Waals surface area contributed by atoms with Gasteiger partial charge in [-0.15, -0.1) is 0 Å². The fraction of sp³-hybridized carbons (Fsp3) is 0.310. The number of ether oxygens (including phenoxy) is 2. The third-order valence-electron chi connectivity index (χ3n) is 5.93. The van der Waals surface area contributed by atoms with E-state index in [2.05, 4.69) is 21.2 Å². The maximum Gasteiger partial charge on any atom is 0.311 e. The molecule has 0 fully saturated rings. The summed E-state index contributed by atoms with van der Waals surface area (Å²) in [4.78, 5) is 39.3. The van der Waals surface area contributed by atoms with Crippen molar-refractivity contribution in [1.29, 1.82) is 0 Å². The van der Waals surface area contributed by atoms with Gasteiger partial charge in [0.05, 0.1) is 12.0 Å². The Hall–Kier alpha value is -3.92. The molecule has 10 heteroatoms. The molecule has 3 rings (SSSR count). The first-order valence-corrected chi connectivity index (χ1v) is 13.3. The van der Waals surface area contributed by atoms with E-state index in [4.69, 9.17) is 9.47 Å². The lowest BCUT2D eigenvalue weighted by atomic mass is 10.0. The Morgan fingerprint density at radius 3 is 2.33 bits per heavy atom. The molecule has 39 heavy (non-hydrogen) atoms. The number of nitrogens with zero attached hydrogens (tertiary/aromatic N) is 2. The van der Waals surface area contributed by atoms with E-state index in [1.807, 2.05) is 68.4 Å². The summed E-state index contributed by atoms with van der Waals surface area (Å²) in [5.74, 6) is -0.168. The number of nitro benzene ring substituents is 1. The van der Waals surface area contributed by atoms with Gasteiger partial charge in [-0.05, 0) is 35.2 Å². The van der Waals surface area contributed by atoms with Gasteiger partial charge in [-0.25, -0.2) is 0 Å². The minimum Gasteiger partial charge on any atom is -0.490 e. The zero-order valence-electron chi connectivity index (χ0n) is 22.1. The number of rotatable bonds is 13. The molecule has 9 nitrogen and oxygen atoms in total. The summed E-state index contributed by atoms with van der Waals surface area (Å²) in [6, 6.07) is 20.3. The molecule has 0 aromatic heterocycles. The molecule has 1 unspecified atom stereocenters. The number of hydrogen-bond donors (Lipinski definition) is 1. The quantitative estimate of drug-likeness (QED) is 0.215. The predicted molar refractivity (Wildman–Crippen MR) is 152 cm³/mol. The minimum absolute atomic E-state index is 0.0201. The first-order chi connectivity index (χ1) is 18.7. The van der Waals surface area contributed by atoms with Gasteiger partial charge in [-0.1, -0.05) is 72.2 Å². The Kier molecular flexibility index (Phi) is 10.9. The molecule has 1 N–H and O–H groups in total. The summed E-state index contributed by atoms with van der Waals surface area (Å²) >= 11 is 3.43. The monoisotopic (exact) mass is 597 g/mol. The largest absolute Gasteiger partial charge is 0.490 e. The highest BCUT2D eigenvalue weighted by atomic mass is 79.9. The van der Waals surface area contributed by atoms with Crippen LogP contribution in [0.2, 0.25) is 0 Å². The van der Waals surface area contributed by atoms with E-state index in [-0.39, 0.29) is 42.2 Å². The van der Waals surface area contributed by atoms with E-state index in [0.717, 1.165) is 15.6 Å². The molecular formula is C29H32BrN3O6. The smallest absolute Gasteiger partial charge is 0.311 e. The van der Waals surface area contributed by atoms with Gasteiger partial charge in [-0.2, -0.15) is 0 Å². The van der Waals surface area contributed by atoms with E-state index in [0.29, 0.717) is 13.0 Å². The van der Waals surface area contributed by atoms with Crippen LogP contribution in [-0.2, 0) is 22.6 Å². The number of nitrogens with one attached hydrogen (secondary N) is 1. The van der Waals surface area contributed by atoms with Crippen LogP contribution in [0, 0.1) is 16.0 Å². The number of hydrogen-bond acceptors (Lipinski definition) is 6. The van der Waals surface area contributed by atoms with E-state index in [9.17, 15) is 19.7 Å². The van der Waals surface area contributed by atoms with Crippen LogP contribution in [0.1, 0.15) is 25.0 Å². The second kappa shape index (κ2) is 14.3. The molecule has 0 saturated heterocycles. The highest BCUT2D eigenvalue weighted by Gasteiger charge is 2.31. The standard InChI is InChI=1S/C29H32BrN3O6/c1-20(2)17-31-29(35)26(15-21-7-5-4-6-8-21)32(18-22-9-11-23(30)12-10-22)28(34)19-39-24-13-14-25(33(36)37)27(16-24)38-3/h4-14,16,20,26H,15,17-19H2,1-3H3,(H,31,35). The van der Waals surface area contributed by atoms with Gasteiger partial charge >= 0.3 is 5.69 Å². The van der Waals surface area contributed by atoms with Crippen molar-refractivity contribution in [2.75, 3.05) is 20.3 Å². The molecule has 1 atom stereocenters. The number of carbonyl (C=O) groups is 2. The number of methoxy groups -OCH3 is 1. The van der Waals surface area contributed by atoms with E-state index in [1.54, 1.807) is 0 Å². The van der Waals surface area contributed by atoms with Crippen molar-refractivity contribution in [3.63, 3.8) is 0 Å². The summed E-state index contributed by atoms with van der Waals surface area (Å²) in [7, 11) is 1.32. The van der Waals surface area contributed by atoms with E-state index >= 15 is 0 Å². The van der Waals surface area contributed by atoms with Crippen LogP contribution in [0.25, 0.3) is 0 Å². The molecule has 0 heterocycles. The third-order valence-corrected chi connectivity index (χ3v) is 6.46. The number of halogens is 1. The molecule has 0 radical (unpaired) electrons. The Morgan fingerprint density at radius 1 is 1.03 bits per heavy atom. The summed E-state index contributed by atoms with van der Waals surface area (Å²) in [6.45, 7) is 4.29. The Morgan fingerprint density at radius 2 is 1.72 bits per heavy atom. The molecular weight excluding hydrogens is 566 g/mol. The molecule has 0 aliphatic heterocycles. The number of nitro groups is 1. The zero-order valence-corrected chi connectivity index (χ0v) is 23.7. The SMILES string of the molecule is COc1cc(OCC(=O)N(Cc2ccc(Br)cc2)C(Cc2ccccc2)C(=O)NCC(C)C)ccc1[N+](=O)[O-]. The first-order valence-electron chi connectivity index (χ1n) is 12.5. The van der Waals surface area contributed by atoms with Crippen molar-refractivity contribution >= 4 is 33.4 Å². The van der Waals surface area contributed by atoms with Crippen LogP contribution in [0.15, 0.2) is 77.3 Å². The van der Waals surface area contributed by atoms with Crippen molar-refractivity contribution in [3.8, 4) is 11.5 Å². The number of benzene rings is 3. The number of amides is 2. The van der Waals surface area contributed by atoms with Gasteiger partial charge in [0.2, 0.25) is 11.7 Å². The average molecular weight is 598 g/mol. The fourth-order valence-corrected chi connectivity index (χ4v) is 4.15. The molecule has 0 aliphatic rings. The summed E-state index contributed by atoms with van der Waals surface area (Å²) in [5, 5.41) is 14.2. The maximum absolute atomic E-state index is 13.7. The van der Waals surface area contributed by atoms with Crippen LogP contribution in [-0.4, -0.2) is 47.9 Å². The van der Waals surface area contributed by atoms with Crippen molar-refractivity contribution in [3.05, 3.63) is 98.5 Å². The van der Waals surface area contributed by atoms with Crippen molar-refractivity contribution in [2.24, 2.45) is 5.92 Å². The second-order valence-corrected chi connectivity index (χ2v) is 10.3. The van der Waals surface area contributed by atoms with E-state index < -0.39 is 16.9 Å². The van der Waals surface area contributed by atoms with Crippen molar-refractivity contribution < 1.29 is 24.0 Å².